The standard InChI is InChI=1S/C16H24/c1-3-5-7-9-11-13-15-16-14-12-10-8-6-4-2/h3,6-9,12-15H,1,4-5,10-11,16H2,2H3. The molecule has 0 nitrogen and oxygen atoms in total. The number of rotatable bonds is 9. The molecule has 0 spiro atoms. The highest BCUT2D eigenvalue weighted by atomic mass is 13.8. The summed E-state index contributed by atoms with van der Waals surface area (Å²) in [6.07, 6.45) is 24.7. The smallest absolute Gasteiger partial charge is 0.0169 e. The van der Waals surface area contributed by atoms with E-state index < -0.39 is 0 Å². The number of allylic oxidation sites excluding steroid dienone is 9. The second kappa shape index (κ2) is 13.7. The van der Waals surface area contributed by atoms with Crippen LogP contribution in [0.1, 0.15) is 39.0 Å². The largest absolute Gasteiger partial charge is 0.103 e. The fourth-order valence-corrected chi connectivity index (χ4v) is 1.17. The third-order valence-electron chi connectivity index (χ3n) is 2.02. The van der Waals surface area contributed by atoms with Crippen molar-refractivity contribution < 1.29 is 0 Å². The summed E-state index contributed by atoms with van der Waals surface area (Å²) in [5.74, 6) is 0. The maximum Gasteiger partial charge on any atom is -0.0169 e. The fourth-order valence-electron chi connectivity index (χ4n) is 1.17. The lowest BCUT2D eigenvalue weighted by Crippen LogP contribution is -1.63. The molecule has 0 rings (SSSR count). The molecule has 0 aromatic heterocycles. The monoisotopic (exact) mass is 216 g/mol. The third kappa shape index (κ3) is 12.7. The fraction of sp³-hybridized carbons (Fsp3) is 0.375. The summed E-state index contributed by atoms with van der Waals surface area (Å²) >= 11 is 0. The molecule has 0 aliphatic rings. The van der Waals surface area contributed by atoms with Crippen molar-refractivity contribution in [1.29, 1.82) is 0 Å². The summed E-state index contributed by atoms with van der Waals surface area (Å²) in [5.41, 5.74) is 0. The molecule has 0 aromatic carbocycles. The Morgan fingerprint density at radius 3 is 1.38 bits per heavy atom. The average Bonchev–Trinajstić information content (AvgIpc) is 2.31. The summed E-state index contributed by atoms with van der Waals surface area (Å²) in [6, 6.07) is 0. The van der Waals surface area contributed by atoms with Crippen molar-refractivity contribution in [1.82, 2.24) is 0 Å². The van der Waals surface area contributed by atoms with Gasteiger partial charge in [0.1, 0.15) is 0 Å². The second-order valence-electron chi connectivity index (χ2n) is 3.53. The first-order chi connectivity index (χ1) is 7.91. The van der Waals surface area contributed by atoms with Crippen LogP contribution in [0.15, 0.2) is 61.3 Å². The van der Waals surface area contributed by atoms with Crippen molar-refractivity contribution in [2.24, 2.45) is 0 Å². The van der Waals surface area contributed by atoms with Gasteiger partial charge < -0.3 is 0 Å². The highest BCUT2D eigenvalue weighted by Gasteiger charge is 1.73. The van der Waals surface area contributed by atoms with E-state index in [1.165, 1.54) is 0 Å². The summed E-state index contributed by atoms with van der Waals surface area (Å²) < 4.78 is 0. The second-order valence-corrected chi connectivity index (χ2v) is 3.53. The Morgan fingerprint density at radius 2 is 1.00 bits per heavy atom. The molecule has 0 fully saturated rings. The van der Waals surface area contributed by atoms with Crippen molar-refractivity contribution in [2.75, 3.05) is 0 Å². The van der Waals surface area contributed by atoms with Gasteiger partial charge in [-0.25, -0.2) is 0 Å². The van der Waals surface area contributed by atoms with Gasteiger partial charge in [0.15, 0.2) is 0 Å². The van der Waals surface area contributed by atoms with Gasteiger partial charge in [-0.1, -0.05) is 61.6 Å². The van der Waals surface area contributed by atoms with Crippen LogP contribution in [-0.2, 0) is 0 Å². The van der Waals surface area contributed by atoms with Gasteiger partial charge in [-0.15, -0.1) is 6.58 Å². The van der Waals surface area contributed by atoms with Crippen molar-refractivity contribution in [3.05, 3.63) is 61.3 Å². The molecule has 0 radical (unpaired) electrons. The van der Waals surface area contributed by atoms with Gasteiger partial charge in [0.05, 0.1) is 0 Å². The first-order valence-corrected chi connectivity index (χ1v) is 6.12. The zero-order valence-corrected chi connectivity index (χ0v) is 10.4. The zero-order valence-electron chi connectivity index (χ0n) is 10.4. The molecule has 0 atom stereocenters. The van der Waals surface area contributed by atoms with E-state index in [0.717, 1.165) is 32.1 Å². The molecule has 0 saturated carbocycles. The topological polar surface area (TPSA) is 0 Å². The molecule has 0 heteroatoms. The minimum absolute atomic E-state index is 0.970. The van der Waals surface area contributed by atoms with E-state index in [1.807, 2.05) is 6.08 Å². The van der Waals surface area contributed by atoms with Crippen LogP contribution in [0.3, 0.4) is 0 Å². The van der Waals surface area contributed by atoms with E-state index in [2.05, 4.69) is 62.1 Å². The Bertz CT molecular complexity index is 251. The maximum absolute atomic E-state index is 3.67. The Labute approximate surface area is 101 Å². The molecular weight excluding hydrogens is 192 g/mol. The van der Waals surface area contributed by atoms with Gasteiger partial charge in [-0.05, 0) is 32.1 Å². The highest BCUT2D eigenvalue weighted by molar-refractivity contribution is 4.99. The number of hydrogen-bond donors (Lipinski definition) is 0. The van der Waals surface area contributed by atoms with Crippen LogP contribution in [-0.4, -0.2) is 0 Å². The summed E-state index contributed by atoms with van der Waals surface area (Å²) in [6.45, 7) is 5.82. The summed E-state index contributed by atoms with van der Waals surface area (Å²) in [4.78, 5) is 0. The van der Waals surface area contributed by atoms with E-state index in [9.17, 15) is 0 Å². The summed E-state index contributed by atoms with van der Waals surface area (Å²) in [5, 5.41) is 0. The van der Waals surface area contributed by atoms with Crippen LogP contribution < -0.4 is 0 Å². The van der Waals surface area contributed by atoms with Crippen LogP contribution in [0.2, 0.25) is 0 Å². The van der Waals surface area contributed by atoms with Crippen molar-refractivity contribution in [2.45, 2.75) is 39.0 Å². The average molecular weight is 216 g/mol. The molecule has 0 amide bonds. The van der Waals surface area contributed by atoms with Crippen molar-refractivity contribution >= 4 is 0 Å². The van der Waals surface area contributed by atoms with Gasteiger partial charge in [-0.2, -0.15) is 0 Å². The predicted octanol–water partition coefficient (Wildman–Crippen LogP) is 5.37. The molecule has 88 valence electrons. The lowest BCUT2D eigenvalue weighted by molar-refractivity contribution is 1.19. The van der Waals surface area contributed by atoms with Crippen LogP contribution in [0.5, 0.6) is 0 Å². The molecule has 0 unspecified atom stereocenters. The lowest BCUT2D eigenvalue weighted by atomic mass is 10.2. The maximum atomic E-state index is 3.67. The molecule has 0 bridgehead atoms. The van der Waals surface area contributed by atoms with Gasteiger partial charge in [0, 0.05) is 0 Å². The van der Waals surface area contributed by atoms with Gasteiger partial charge in [0.2, 0.25) is 0 Å². The van der Waals surface area contributed by atoms with E-state index >= 15 is 0 Å². The molecular formula is C16H24. The SMILES string of the molecule is C=CCC=CCC=CCC=CCC=CCC. The molecule has 0 heterocycles. The van der Waals surface area contributed by atoms with Crippen LogP contribution in [0.4, 0.5) is 0 Å². The molecule has 0 N–H and O–H groups in total. The third-order valence-corrected chi connectivity index (χ3v) is 2.02. The molecule has 0 aromatic rings. The Kier molecular flexibility index (Phi) is 12.6. The Hall–Kier alpha value is -1.30. The van der Waals surface area contributed by atoms with E-state index in [0.29, 0.717) is 0 Å². The van der Waals surface area contributed by atoms with Crippen LogP contribution in [0.25, 0.3) is 0 Å². The van der Waals surface area contributed by atoms with Crippen molar-refractivity contribution in [3.8, 4) is 0 Å². The minimum atomic E-state index is 0.970. The number of hydrogen-bond acceptors (Lipinski definition) is 0. The lowest BCUT2D eigenvalue weighted by Gasteiger charge is -1.84. The minimum Gasteiger partial charge on any atom is -0.103 e. The van der Waals surface area contributed by atoms with E-state index in [4.69, 9.17) is 0 Å². The molecule has 0 aliphatic carbocycles. The Morgan fingerprint density at radius 1 is 0.625 bits per heavy atom. The summed E-state index contributed by atoms with van der Waals surface area (Å²) in [7, 11) is 0. The normalized spacial score (nSPS) is 12.6. The molecule has 16 heavy (non-hydrogen) atoms. The van der Waals surface area contributed by atoms with E-state index in [-0.39, 0.29) is 0 Å². The predicted molar refractivity (Wildman–Crippen MR) is 75.5 cm³/mol. The molecule has 0 aliphatic heterocycles. The van der Waals surface area contributed by atoms with Gasteiger partial charge in [0.25, 0.3) is 0 Å². The van der Waals surface area contributed by atoms with Gasteiger partial charge in [-0.3, -0.25) is 0 Å². The van der Waals surface area contributed by atoms with Gasteiger partial charge >= 0.3 is 0 Å². The van der Waals surface area contributed by atoms with E-state index in [1.54, 1.807) is 0 Å². The van der Waals surface area contributed by atoms with Crippen LogP contribution in [0, 0.1) is 0 Å². The van der Waals surface area contributed by atoms with Crippen LogP contribution >= 0.6 is 0 Å². The quantitative estimate of drug-likeness (QED) is 0.455. The first kappa shape index (κ1) is 14.7. The highest BCUT2D eigenvalue weighted by Crippen LogP contribution is 1.94. The van der Waals surface area contributed by atoms with Crippen molar-refractivity contribution in [3.63, 3.8) is 0 Å². The molecule has 0 saturated heterocycles. The Balaban J connectivity index is 3.39. The first-order valence-electron chi connectivity index (χ1n) is 6.12. The zero-order chi connectivity index (χ0) is 11.9.